The Morgan fingerprint density at radius 1 is 0.979 bits per heavy atom. The number of alkyl halides is 5. The molecule has 1 aliphatic rings. The molecule has 3 aromatic rings. The fourth-order valence-electron chi connectivity index (χ4n) is 5.26. The van der Waals surface area contributed by atoms with E-state index in [0.29, 0.717) is 11.3 Å². The molecule has 3 atom stereocenters. The zero-order valence-electron chi connectivity index (χ0n) is 26.4. The van der Waals surface area contributed by atoms with Crippen molar-refractivity contribution in [1.82, 2.24) is 10.2 Å². The SMILES string of the molecule is CCS(=O)(=O)c1ccc([C@H](CC(=O)N(C)C)NC(=O)c2ccc(N3C[C@@H](Oc4ccc(C(F)(F)F)cc4)C[C@H]3COC(F)F)cc2)cc1. The van der Waals surface area contributed by atoms with E-state index in [4.69, 9.17) is 4.74 Å². The van der Waals surface area contributed by atoms with Crippen LogP contribution in [-0.4, -0.2) is 76.9 Å². The van der Waals surface area contributed by atoms with Gasteiger partial charge in [0.15, 0.2) is 9.84 Å². The predicted molar refractivity (Wildman–Crippen MR) is 168 cm³/mol. The standard InChI is InChI=1S/C33H36F5N3O6S/c1-4-48(44,45)28-15-7-21(8-16-28)29(18-30(42)40(2)3)39-31(43)22-5-11-24(12-6-22)41-19-27(17-25(41)20-46-32(34)35)47-26-13-9-23(10-14-26)33(36,37)38/h5-16,25,27,29,32H,4,17-20H2,1-3H3,(H,39,43)/t25-,27-,29-/m0/s1. The molecule has 2 amide bonds. The molecule has 1 fully saturated rings. The Kier molecular flexibility index (Phi) is 11.7. The second-order valence-corrected chi connectivity index (χ2v) is 13.7. The highest BCUT2D eigenvalue weighted by atomic mass is 32.2. The lowest BCUT2D eigenvalue weighted by atomic mass is 10.0. The van der Waals surface area contributed by atoms with Crippen LogP contribution in [0.1, 0.15) is 47.3 Å². The number of sulfone groups is 1. The van der Waals surface area contributed by atoms with E-state index in [0.717, 1.165) is 12.1 Å². The molecule has 9 nitrogen and oxygen atoms in total. The molecule has 15 heteroatoms. The van der Waals surface area contributed by atoms with Gasteiger partial charge in [0, 0.05) is 31.8 Å². The minimum Gasteiger partial charge on any atom is -0.489 e. The number of anilines is 1. The molecule has 0 saturated carbocycles. The number of hydrogen-bond acceptors (Lipinski definition) is 7. The number of nitrogens with zero attached hydrogens (tertiary/aromatic N) is 2. The first-order valence-corrected chi connectivity index (χ1v) is 16.7. The van der Waals surface area contributed by atoms with Crippen LogP contribution in [0.15, 0.2) is 77.7 Å². The smallest absolute Gasteiger partial charge is 0.416 e. The molecule has 0 spiro atoms. The Labute approximate surface area is 275 Å². The van der Waals surface area contributed by atoms with Gasteiger partial charge in [-0.05, 0) is 66.2 Å². The first-order valence-electron chi connectivity index (χ1n) is 15.0. The van der Waals surface area contributed by atoms with Crippen LogP contribution in [0, 0.1) is 0 Å². The van der Waals surface area contributed by atoms with Crippen molar-refractivity contribution in [1.29, 1.82) is 0 Å². The monoisotopic (exact) mass is 697 g/mol. The number of nitrogens with one attached hydrogen (secondary N) is 1. The number of rotatable bonds is 13. The van der Waals surface area contributed by atoms with Crippen molar-refractivity contribution in [2.75, 3.05) is 37.9 Å². The van der Waals surface area contributed by atoms with Gasteiger partial charge in [0.2, 0.25) is 5.91 Å². The van der Waals surface area contributed by atoms with Crippen LogP contribution in [-0.2, 0) is 25.5 Å². The first-order chi connectivity index (χ1) is 22.6. The molecule has 1 heterocycles. The number of carbonyl (C=O) groups excluding carboxylic acids is 2. The van der Waals surface area contributed by atoms with E-state index < -0.39 is 52.3 Å². The van der Waals surface area contributed by atoms with Crippen molar-refractivity contribution < 1.29 is 49.4 Å². The summed E-state index contributed by atoms with van der Waals surface area (Å²) in [6, 6.07) is 15.1. The summed E-state index contributed by atoms with van der Waals surface area (Å²) in [5, 5.41) is 2.84. The average Bonchev–Trinajstić information content (AvgIpc) is 3.45. The van der Waals surface area contributed by atoms with Gasteiger partial charge in [0.1, 0.15) is 11.9 Å². The number of hydrogen-bond donors (Lipinski definition) is 1. The van der Waals surface area contributed by atoms with Gasteiger partial charge in [-0.3, -0.25) is 9.59 Å². The van der Waals surface area contributed by atoms with Gasteiger partial charge < -0.3 is 24.6 Å². The highest BCUT2D eigenvalue weighted by Gasteiger charge is 2.35. The van der Waals surface area contributed by atoms with Gasteiger partial charge in [-0.2, -0.15) is 22.0 Å². The highest BCUT2D eigenvalue weighted by molar-refractivity contribution is 7.91. The Hall–Kier alpha value is -4.24. The highest BCUT2D eigenvalue weighted by Crippen LogP contribution is 2.33. The van der Waals surface area contributed by atoms with E-state index in [2.05, 4.69) is 10.1 Å². The normalized spacial score (nSPS) is 17.3. The van der Waals surface area contributed by atoms with E-state index in [1.807, 2.05) is 0 Å². The molecular formula is C33H36F5N3O6S. The summed E-state index contributed by atoms with van der Waals surface area (Å²) in [6.07, 6.45) is -4.89. The van der Waals surface area contributed by atoms with Crippen LogP contribution in [0.5, 0.6) is 5.75 Å². The molecule has 0 radical (unpaired) electrons. The second-order valence-electron chi connectivity index (χ2n) is 11.4. The Bertz CT molecular complexity index is 1650. The molecule has 1 N–H and O–H groups in total. The minimum absolute atomic E-state index is 0.0775. The van der Waals surface area contributed by atoms with E-state index in [1.54, 1.807) is 43.3 Å². The van der Waals surface area contributed by atoms with Gasteiger partial charge in [-0.15, -0.1) is 0 Å². The average molecular weight is 698 g/mol. The number of halogens is 5. The lowest BCUT2D eigenvalue weighted by Crippen LogP contribution is -2.34. The maximum atomic E-state index is 13.3. The van der Waals surface area contributed by atoms with Crippen molar-refractivity contribution >= 4 is 27.3 Å². The molecule has 48 heavy (non-hydrogen) atoms. The molecule has 0 bridgehead atoms. The van der Waals surface area contributed by atoms with Crippen LogP contribution < -0.4 is 15.0 Å². The van der Waals surface area contributed by atoms with Crippen LogP contribution in [0.25, 0.3) is 0 Å². The quantitative estimate of drug-likeness (QED) is 0.228. The van der Waals surface area contributed by atoms with E-state index in [-0.39, 0.29) is 53.9 Å². The van der Waals surface area contributed by atoms with Crippen LogP contribution in [0.2, 0.25) is 0 Å². The van der Waals surface area contributed by atoms with Gasteiger partial charge in [0.25, 0.3) is 5.91 Å². The topological polar surface area (TPSA) is 105 Å². The maximum absolute atomic E-state index is 13.3. The third kappa shape index (κ3) is 9.43. The van der Waals surface area contributed by atoms with Gasteiger partial charge >= 0.3 is 12.8 Å². The van der Waals surface area contributed by atoms with Crippen molar-refractivity contribution in [3.63, 3.8) is 0 Å². The van der Waals surface area contributed by atoms with Crippen molar-refractivity contribution in [2.45, 2.75) is 55.6 Å². The number of ether oxygens (including phenoxy) is 2. The Morgan fingerprint density at radius 2 is 1.60 bits per heavy atom. The van der Waals surface area contributed by atoms with Crippen molar-refractivity contribution in [3.05, 3.63) is 89.5 Å². The summed E-state index contributed by atoms with van der Waals surface area (Å²) < 4.78 is 99.6. The van der Waals surface area contributed by atoms with E-state index in [1.165, 1.54) is 48.2 Å². The summed E-state index contributed by atoms with van der Waals surface area (Å²) in [6.45, 7) is -1.61. The van der Waals surface area contributed by atoms with Crippen LogP contribution in [0.3, 0.4) is 0 Å². The van der Waals surface area contributed by atoms with Crippen LogP contribution in [0.4, 0.5) is 27.6 Å². The summed E-state index contributed by atoms with van der Waals surface area (Å²) in [5.41, 5.74) is 0.512. The number of carbonyl (C=O) groups is 2. The predicted octanol–water partition coefficient (Wildman–Crippen LogP) is 5.71. The lowest BCUT2D eigenvalue weighted by molar-refractivity contribution is -0.137. The molecule has 1 saturated heterocycles. The Balaban J connectivity index is 1.49. The van der Waals surface area contributed by atoms with Crippen molar-refractivity contribution in [3.8, 4) is 5.75 Å². The molecule has 0 aromatic heterocycles. The van der Waals surface area contributed by atoms with E-state index in [9.17, 15) is 40.0 Å². The second kappa shape index (κ2) is 15.3. The fraction of sp³-hybridized carbons (Fsp3) is 0.394. The summed E-state index contributed by atoms with van der Waals surface area (Å²) in [7, 11) is -0.294. The summed E-state index contributed by atoms with van der Waals surface area (Å²) in [4.78, 5) is 29.2. The fourth-order valence-corrected chi connectivity index (χ4v) is 6.15. The number of benzene rings is 3. The molecule has 4 rings (SSSR count). The largest absolute Gasteiger partial charge is 0.489 e. The summed E-state index contributed by atoms with van der Waals surface area (Å²) in [5.74, 6) is -0.656. The maximum Gasteiger partial charge on any atom is 0.416 e. The third-order valence-corrected chi connectivity index (χ3v) is 9.69. The minimum atomic E-state index is -4.50. The zero-order chi connectivity index (χ0) is 35.2. The molecule has 0 unspecified atom stereocenters. The number of amides is 2. The molecule has 0 aliphatic carbocycles. The zero-order valence-corrected chi connectivity index (χ0v) is 27.2. The van der Waals surface area contributed by atoms with Gasteiger partial charge in [0.05, 0.1) is 47.9 Å². The summed E-state index contributed by atoms with van der Waals surface area (Å²) >= 11 is 0. The molecular weight excluding hydrogens is 661 g/mol. The first kappa shape index (κ1) is 36.6. The molecule has 260 valence electrons. The van der Waals surface area contributed by atoms with Crippen LogP contribution >= 0.6 is 0 Å². The molecule has 3 aromatic carbocycles. The van der Waals surface area contributed by atoms with Crippen molar-refractivity contribution in [2.24, 2.45) is 0 Å². The van der Waals surface area contributed by atoms with E-state index >= 15 is 0 Å². The third-order valence-electron chi connectivity index (χ3n) is 7.94. The van der Waals surface area contributed by atoms with Gasteiger partial charge in [-0.1, -0.05) is 19.1 Å². The lowest BCUT2D eigenvalue weighted by Gasteiger charge is -2.26. The molecule has 1 aliphatic heterocycles. The Morgan fingerprint density at radius 3 is 2.15 bits per heavy atom. The van der Waals surface area contributed by atoms with Gasteiger partial charge in [-0.25, -0.2) is 8.42 Å².